The predicted octanol–water partition coefficient (Wildman–Crippen LogP) is 3.51. The Bertz CT molecular complexity index is 1280. The molecular weight excluding hydrogens is 482 g/mol. The third kappa shape index (κ3) is 4.52. The van der Waals surface area contributed by atoms with Crippen molar-refractivity contribution < 1.29 is 9.66 Å². The van der Waals surface area contributed by atoms with Crippen LogP contribution in [0.1, 0.15) is 6.42 Å². The zero-order valence-electron chi connectivity index (χ0n) is 17.8. The zero-order valence-corrected chi connectivity index (χ0v) is 20.2. The standard InChI is InChI=1S/C21H22ClN7O2S2/c1-27-8-2-9-28(33(27)31)10-7-24-20-23-6-5-16(25-20)19-18(26-21-29(19)11-12-32-21)14-3-4-15(22)17(30)13-14/h3-6,11-13,30H,2,7-10H2,1H3,(H,23,24,25). The average Bonchev–Trinajstić information content (AvgIpc) is 3.40. The van der Waals surface area contributed by atoms with E-state index in [1.54, 1.807) is 18.3 Å². The topological polar surface area (TPSA) is 105 Å². The fraction of sp³-hybridized carbons (Fsp3) is 0.286. The van der Waals surface area contributed by atoms with Gasteiger partial charge in [-0.25, -0.2) is 15.0 Å². The van der Waals surface area contributed by atoms with E-state index in [4.69, 9.17) is 21.6 Å². The molecule has 0 spiro atoms. The van der Waals surface area contributed by atoms with Crippen molar-refractivity contribution in [2.45, 2.75) is 6.42 Å². The minimum absolute atomic E-state index is 0.00209. The number of aromatic nitrogens is 4. The lowest BCUT2D eigenvalue weighted by Crippen LogP contribution is -2.49. The molecule has 3 aromatic heterocycles. The smallest absolute Gasteiger partial charge is 0.223 e. The summed E-state index contributed by atoms with van der Waals surface area (Å²) in [6, 6.07) is 6.92. The third-order valence-electron chi connectivity index (χ3n) is 5.39. The number of rotatable bonds is 6. The van der Waals surface area contributed by atoms with E-state index in [0.29, 0.717) is 30.4 Å². The monoisotopic (exact) mass is 503 g/mol. The molecule has 12 heteroatoms. The van der Waals surface area contributed by atoms with Crippen LogP contribution in [0.3, 0.4) is 0 Å². The summed E-state index contributed by atoms with van der Waals surface area (Å²) in [5.41, 5.74) is 2.94. The Balaban J connectivity index is 1.41. The largest absolute Gasteiger partial charge is 0.578 e. The molecule has 1 atom stereocenters. The lowest BCUT2D eigenvalue weighted by Gasteiger charge is -2.32. The van der Waals surface area contributed by atoms with Gasteiger partial charge in [0.05, 0.1) is 23.0 Å². The minimum Gasteiger partial charge on any atom is -0.578 e. The molecule has 1 aromatic carbocycles. The quantitative estimate of drug-likeness (QED) is 0.385. The van der Waals surface area contributed by atoms with E-state index in [1.165, 1.54) is 11.3 Å². The van der Waals surface area contributed by atoms with Crippen LogP contribution in [0.4, 0.5) is 5.95 Å². The molecule has 1 fully saturated rings. The molecule has 4 aromatic rings. The fourth-order valence-electron chi connectivity index (χ4n) is 3.77. The second-order valence-electron chi connectivity index (χ2n) is 7.59. The molecule has 0 saturated carbocycles. The highest BCUT2D eigenvalue weighted by molar-refractivity contribution is 7.86. The van der Waals surface area contributed by atoms with Gasteiger partial charge in [-0.15, -0.1) is 19.9 Å². The number of imidazole rings is 1. The summed E-state index contributed by atoms with van der Waals surface area (Å²) in [4.78, 5) is 14.6. The van der Waals surface area contributed by atoms with E-state index in [-0.39, 0.29) is 10.8 Å². The van der Waals surface area contributed by atoms with Crippen LogP contribution in [-0.2, 0) is 11.5 Å². The highest BCUT2D eigenvalue weighted by atomic mass is 35.5. The lowest BCUT2D eigenvalue weighted by molar-refractivity contribution is 0.313. The van der Waals surface area contributed by atoms with Crippen molar-refractivity contribution in [2.24, 2.45) is 0 Å². The molecule has 1 aliphatic rings. The van der Waals surface area contributed by atoms with Gasteiger partial charge in [0.1, 0.15) is 23.0 Å². The predicted molar refractivity (Wildman–Crippen MR) is 132 cm³/mol. The number of phenolic OH excluding ortho intramolecular Hbond substituents is 1. The van der Waals surface area contributed by atoms with E-state index in [9.17, 15) is 9.66 Å². The number of anilines is 1. The van der Waals surface area contributed by atoms with Gasteiger partial charge in [0.25, 0.3) is 0 Å². The summed E-state index contributed by atoms with van der Waals surface area (Å²) in [5.74, 6) is 0.487. The molecule has 2 N–H and O–H groups in total. The molecule has 5 rings (SSSR count). The molecule has 33 heavy (non-hydrogen) atoms. The van der Waals surface area contributed by atoms with Gasteiger partial charge < -0.3 is 15.0 Å². The number of hydrogen-bond donors (Lipinski definition) is 2. The highest BCUT2D eigenvalue weighted by Gasteiger charge is 2.29. The first kappa shape index (κ1) is 22.4. The van der Waals surface area contributed by atoms with Crippen LogP contribution in [0.5, 0.6) is 5.75 Å². The number of nitrogens with zero attached hydrogens (tertiary/aromatic N) is 6. The zero-order chi connectivity index (χ0) is 22.9. The Hall–Kier alpha value is -2.41. The summed E-state index contributed by atoms with van der Waals surface area (Å²) in [7, 11) is 1.87. The van der Waals surface area contributed by atoms with Crippen LogP contribution in [0.25, 0.3) is 27.6 Å². The van der Waals surface area contributed by atoms with Gasteiger partial charge in [0, 0.05) is 50.0 Å². The van der Waals surface area contributed by atoms with Crippen LogP contribution in [0, 0.1) is 0 Å². The number of benzene rings is 1. The number of fused-ring (bicyclic) bond motifs is 1. The van der Waals surface area contributed by atoms with Crippen molar-refractivity contribution >= 4 is 45.4 Å². The molecule has 0 radical (unpaired) electrons. The van der Waals surface area contributed by atoms with Gasteiger partial charge in [0.15, 0.2) is 4.96 Å². The molecule has 172 valence electrons. The van der Waals surface area contributed by atoms with Gasteiger partial charge in [-0.3, -0.25) is 4.40 Å². The summed E-state index contributed by atoms with van der Waals surface area (Å²) >= 11 is 6.41. The summed E-state index contributed by atoms with van der Waals surface area (Å²) in [6.45, 7) is 2.85. The summed E-state index contributed by atoms with van der Waals surface area (Å²) in [5, 5.41) is 15.6. The summed E-state index contributed by atoms with van der Waals surface area (Å²) in [6.07, 6.45) is 4.64. The average molecular weight is 504 g/mol. The van der Waals surface area contributed by atoms with E-state index < -0.39 is 11.5 Å². The van der Waals surface area contributed by atoms with Crippen molar-refractivity contribution in [1.29, 1.82) is 0 Å². The maximum absolute atomic E-state index is 12.4. The second-order valence-corrected chi connectivity index (χ2v) is 10.5. The molecule has 4 heterocycles. The molecule has 0 amide bonds. The number of nitrogens with one attached hydrogen (secondary N) is 1. The van der Waals surface area contributed by atoms with Gasteiger partial charge >= 0.3 is 0 Å². The van der Waals surface area contributed by atoms with E-state index in [1.807, 2.05) is 43.8 Å². The molecule has 1 unspecified atom stereocenters. The van der Waals surface area contributed by atoms with Gasteiger partial charge in [0.2, 0.25) is 5.95 Å². The van der Waals surface area contributed by atoms with Crippen LogP contribution >= 0.6 is 22.9 Å². The van der Waals surface area contributed by atoms with Crippen LogP contribution in [0.2, 0.25) is 5.02 Å². The Morgan fingerprint density at radius 3 is 3.00 bits per heavy atom. The lowest BCUT2D eigenvalue weighted by atomic mass is 10.1. The van der Waals surface area contributed by atoms with Crippen molar-refractivity contribution in [1.82, 2.24) is 28.0 Å². The number of hydrogen-bond acceptors (Lipinski definition) is 9. The van der Waals surface area contributed by atoms with Crippen molar-refractivity contribution in [3.63, 3.8) is 0 Å². The van der Waals surface area contributed by atoms with E-state index in [2.05, 4.69) is 10.3 Å². The van der Waals surface area contributed by atoms with Crippen LogP contribution in [-0.4, -0.2) is 70.8 Å². The SMILES string of the molecule is CN1CCCN(CCNc2nccc(-c3c(-c4ccc(Cl)c(O)c4)nc4sccn34)n2)[S+]1[O-]. The Morgan fingerprint density at radius 2 is 2.15 bits per heavy atom. The number of halogens is 1. The first-order valence-electron chi connectivity index (χ1n) is 10.4. The fourth-order valence-corrected chi connectivity index (χ4v) is 5.82. The van der Waals surface area contributed by atoms with Crippen molar-refractivity contribution in [3.05, 3.63) is 47.1 Å². The number of phenols is 1. The van der Waals surface area contributed by atoms with Crippen LogP contribution < -0.4 is 5.32 Å². The van der Waals surface area contributed by atoms with Gasteiger partial charge in [-0.2, -0.15) is 0 Å². The second kappa shape index (κ2) is 9.45. The van der Waals surface area contributed by atoms with Crippen molar-refractivity contribution in [3.8, 4) is 28.4 Å². The number of aromatic hydroxyl groups is 1. The first-order valence-corrected chi connectivity index (χ1v) is 12.7. The molecule has 1 aliphatic heterocycles. The maximum atomic E-state index is 12.4. The molecular formula is C21H22ClN7O2S2. The first-order chi connectivity index (χ1) is 16.0. The third-order valence-corrected chi connectivity index (χ3v) is 7.99. The minimum atomic E-state index is -1.10. The Labute approximate surface area is 203 Å². The molecule has 0 bridgehead atoms. The molecule has 9 nitrogen and oxygen atoms in total. The van der Waals surface area contributed by atoms with Gasteiger partial charge in [-0.05, 0) is 24.6 Å². The normalized spacial score (nSPS) is 17.6. The van der Waals surface area contributed by atoms with E-state index in [0.717, 1.165) is 35.7 Å². The Kier molecular flexibility index (Phi) is 6.41. The van der Waals surface area contributed by atoms with Crippen LogP contribution in [0.15, 0.2) is 42.0 Å². The maximum Gasteiger partial charge on any atom is 0.223 e. The van der Waals surface area contributed by atoms with Crippen molar-refractivity contribution in [2.75, 3.05) is 38.5 Å². The summed E-state index contributed by atoms with van der Waals surface area (Å²) < 4.78 is 18.1. The molecule has 1 saturated heterocycles. The molecule has 0 aliphatic carbocycles. The van der Waals surface area contributed by atoms with Gasteiger partial charge in [-0.1, -0.05) is 17.7 Å². The highest BCUT2D eigenvalue weighted by Crippen LogP contribution is 2.36. The number of thiazole rings is 1. The Morgan fingerprint density at radius 1 is 1.27 bits per heavy atom. The van der Waals surface area contributed by atoms with E-state index >= 15 is 0 Å².